The predicted molar refractivity (Wildman–Crippen MR) is 110 cm³/mol. The van der Waals surface area contributed by atoms with Gasteiger partial charge in [0.2, 0.25) is 5.91 Å². The van der Waals surface area contributed by atoms with Crippen molar-refractivity contribution in [1.29, 1.82) is 0 Å². The first-order valence-electron chi connectivity index (χ1n) is 9.48. The number of nitrogens with one attached hydrogen (secondary N) is 1. The summed E-state index contributed by atoms with van der Waals surface area (Å²) in [5, 5.41) is 11.7. The number of benzene rings is 2. The van der Waals surface area contributed by atoms with Crippen LogP contribution in [0.3, 0.4) is 0 Å². The number of carbonyl (C=O) groups is 1. The average molecular weight is 376 g/mol. The van der Waals surface area contributed by atoms with Crippen LogP contribution in [0.5, 0.6) is 0 Å². The van der Waals surface area contributed by atoms with Crippen LogP contribution in [0.15, 0.2) is 48.5 Å². The van der Waals surface area contributed by atoms with Gasteiger partial charge in [0.15, 0.2) is 0 Å². The van der Waals surface area contributed by atoms with Gasteiger partial charge in [0.25, 0.3) is 0 Å². The van der Waals surface area contributed by atoms with Gasteiger partial charge in [-0.15, -0.1) is 5.10 Å². The van der Waals surface area contributed by atoms with Crippen LogP contribution in [0.25, 0.3) is 22.5 Å². The van der Waals surface area contributed by atoms with Crippen molar-refractivity contribution in [3.63, 3.8) is 0 Å². The van der Waals surface area contributed by atoms with E-state index in [0.717, 1.165) is 28.1 Å². The van der Waals surface area contributed by atoms with E-state index in [1.54, 1.807) is 0 Å². The molecule has 1 aliphatic heterocycles. The van der Waals surface area contributed by atoms with Crippen molar-refractivity contribution in [2.75, 3.05) is 17.3 Å². The molecule has 0 aliphatic carbocycles. The fourth-order valence-corrected chi connectivity index (χ4v) is 3.61. The van der Waals surface area contributed by atoms with Crippen LogP contribution in [0, 0.1) is 0 Å². The number of aromatic nitrogens is 3. The predicted octanol–water partition coefficient (Wildman–Crippen LogP) is 2.56. The molecule has 0 fully saturated rings. The van der Waals surface area contributed by atoms with Crippen molar-refractivity contribution in [2.45, 2.75) is 32.9 Å². The Kier molecular flexibility index (Phi) is 4.83. The number of amides is 1. The smallest absolute Gasteiger partial charge is 0.228 e. The average Bonchev–Trinajstić information content (AvgIpc) is 3.05. The maximum absolute atomic E-state index is 13.2. The summed E-state index contributed by atoms with van der Waals surface area (Å²) in [7, 11) is 0. The zero-order chi connectivity index (χ0) is 19.7. The fraction of sp³-hybridized carbons (Fsp3) is 0.286. The Morgan fingerprint density at radius 3 is 2.64 bits per heavy atom. The van der Waals surface area contributed by atoms with Crippen LogP contribution in [0.1, 0.15) is 25.8 Å². The Labute approximate surface area is 164 Å². The van der Waals surface area contributed by atoms with E-state index in [1.807, 2.05) is 53.4 Å². The molecule has 0 saturated carbocycles. The van der Waals surface area contributed by atoms with E-state index in [2.05, 4.69) is 29.5 Å². The Bertz CT molecular complexity index is 1010. The third-order valence-electron chi connectivity index (χ3n) is 4.94. The molecule has 1 aromatic heterocycles. The Morgan fingerprint density at radius 1 is 1.14 bits per heavy atom. The lowest BCUT2D eigenvalue weighted by Gasteiger charge is -2.28. The van der Waals surface area contributed by atoms with E-state index < -0.39 is 0 Å². The summed E-state index contributed by atoms with van der Waals surface area (Å²) in [6, 6.07) is 16.1. The minimum Gasteiger partial charge on any atom is -0.321 e. The summed E-state index contributed by atoms with van der Waals surface area (Å²) in [4.78, 5) is 16.3. The van der Waals surface area contributed by atoms with Gasteiger partial charge in [-0.3, -0.25) is 4.79 Å². The summed E-state index contributed by atoms with van der Waals surface area (Å²) in [6.07, 6.45) is 0.422. The second-order valence-electron chi connectivity index (χ2n) is 7.24. The quantitative estimate of drug-likeness (QED) is 0.683. The highest BCUT2D eigenvalue weighted by Crippen LogP contribution is 2.40. The van der Waals surface area contributed by atoms with Crippen LogP contribution in [-0.4, -0.2) is 33.6 Å². The van der Waals surface area contributed by atoms with Gasteiger partial charge < -0.3 is 16.1 Å². The van der Waals surface area contributed by atoms with Crippen molar-refractivity contribution in [3.8, 4) is 22.5 Å². The molecule has 7 heteroatoms. The van der Waals surface area contributed by atoms with Gasteiger partial charge in [0.05, 0.1) is 12.2 Å². The highest BCUT2D eigenvalue weighted by atomic mass is 16.2. The van der Waals surface area contributed by atoms with Crippen LogP contribution in [0.4, 0.5) is 5.69 Å². The second-order valence-corrected chi connectivity index (χ2v) is 7.24. The minimum atomic E-state index is 0.0685. The minimum absolute atomic E-state index is 0.0685. The summed E-state index contributed by atoms with van der Waals surface area (Å²) >= 11 is 0. The van der Waals surface area contributed by atoms with Gasteiger partial charge in [0.1, 0.15) is 11.4 Å². The van der Waals surface area contributed by atoms with Crippen molar-refractivity contribution in [3.05, 3.63) is 54.1 Å². The first-order valence-corrected chi connectivity index (χ1v) is 9.48. The first kappa shape index (κ1) is 18.2. The highest BCUT2D eigenvalue weighted by Gasteiger charge is 2.28. The third-order valence-corrected chi connectivity index (χ3v) is 4.94. The fourth-order valence-electron chi connectivity index (χ4n) is 3.61. The normalized spacial score (nSPS) is 12.8. The topological polar surface area (TPSA) is 89.1 Å². The molecule has 0 radical (unpaired) electrons. The molecule has 4 rings (SSSR count). The van der Waals surface area contributed by atoms with Crippen molar-refractivity contribution in [2.24, 2.45) is 0 Å². The number of anilines is 1. The Hall–Kier alpha value is -3.19. The monoisotopic (exact) mass is 376 g/mol. The molecule has 28 heavy (non-hydrogen) atoms. The molecule has 0 bridgehead atoms. The molecule has 1 amide bonds. The molecule has 2 aromatic carbocycles. The molecule has 7 nitrogen and oxygen atoms in total. The Morgan fingerprint density at radius 2 is 1.86 bits per heavy atom. The van der Waals surface area contributed by atoms with Gasteiger partial charge in [-0.2, -0.15) is 4.79 Å². The number of para-hydroxylation sites is 1. The molecule has 3 aromatic rings. The standard InChI is InChI=1S/C21H24N6O/c1-14(2)23-12-11-19(28)26-13-15-7-3-4-8-16(15)21-20(24-25-27(21)22)17-9-5-6-10-18(17)26/h3-10,14,23H,11-13,22H2,1-2H3. The Balaban J connectivity index is 1.83. The van der Waals surface area contributed by atoms with Crippen molar-refractivity contribution in [1.82, 2.24) is 20.4 Å². The molecular weight excluding hydrogens is 352 g/mol. The maximum Gasteiger partial charge on any atom is 0.228 e. The number of carbonyl (C=O) groups excluding carboxylic acids is 1. The summed E-state index contributed by atoms with van der Waals surface area (Å²) in [5.74, 6) is 6.17. The number of nitrogens with zero attached hydrogens (tertiary/aromatic N) is 4. The molecule has 0 atom stereocenters. The number of fused-ring (bicyclic) bond motifs is 5. The van der Waals surface area contributed by atoms with Crippen LogP contribution < -0.4 is 16.1 Å². The summed E-state index contributed by atoms with van der Waals surface area (Å²) in [5.41, 5.74) is 5.08. The second kappa shape index (κ2) is 7.44. The molecule has 0 spiro atoms. The summed E-state index contributed by atoms with van der Waals surface area (Å²) in [6.45, 7) is 5.26. The van der Waals surface area contributed by atoms with E-state index in [-0.39, 0.29) is 5.91 Å². The van der Waals surface area contributed by atoms with Crippen LogP contribution in [0.2, 0.25) is 0 Å². The maximum atomic E-state index is 13.2. The number of rotatable bonds is 4. The highest BCUT2D eigenvalue weighted by molar-refractivity contribution is 6.00. The van der Waals surface area contributed by atoms with Crippen molar-refractivity contribution >= 4 is 11.6 Å². The summed E-state index contributed by atoms with van der Waals surface area (Å²) < 4.78 is 0. The van der Waals surface area contributed by atoms with Gasteiger partial charge >= 0.3 is 0 Å². The van der Waals surface area contributed by atoms with Crippen LogP contribution >= 0.6 is 0 Å². The van der Waals surface area contributed by atoms with E-state index in [4.69, 9.17) is 5.84 Å². The van der Waals surface area contributed by atoms with E-state index in [9.17, 15) is 4.79 Å². The van der Waals surface area contributed by atoms with Crippen molar-refractivity contribution < 1.29 is 4.79 Å². The molecular formula is C21H24N6O. The lowest BCUT2D eigenvalue weighted by molar-refractivity contribution is -0.118. The molecule has 3 N–H and O–H groups in total. The largest absolute Gasteiger partial charge is 0.321 e. The molecule has 1 aliphatic rings. The van der Waals surface area contributed by atoms with Gasteiger partial charge in [0, 0.05) is 30.1 Å². The molecule has 0 saturated heterocycles. The SMILES string of the molecule is CC(C)NCCC(=O)N1Cc2ccccc2-c2c(nnn2N)-c2ccccc21. The molecule has 144 valence electrons. The van der Waals surface area contributed by atoms with Gasteiger partial charge in [-0.05, 0) is 16.8 Å². The number of hydrogen-bond acceptors (Lipinski definition) is 5. The number of hydrogen-bond donors (Lipinski definition) is 2. The van der Waals surface area contributed by atoms with Crippen LogP contribution in [-0.2, 0) is 11.3 Å². The zero-order valence-electron chi connectivity index (χ0n) is 16.1. The van der Waals surface area contributed by atoms with E-state index in [1.165, 1.54) is 4.79 Å². The number of nitrogens with two attached hydrogens (primary N) is 1. The lowest BCUT2D eigenvalue weighted by atomic mass is 9.95. The number of nitrogen functional groups attached to an aromatic ring is 1. The zero-order valence-corrected chi connectivity index (χ0v) is 16.1. The van der Waals surface area contributed by atoms with Gasteiger partial charge in [-0.25, -0.2) is 0 Å². The van der Waals surface area contributed by atoms with E-state index in [0.29, 0.717) is 31.2 Å². The molecule has 2 heterocycles. The lowest BCUT2D eigenvalue weighted by Crippen LogP contribution is -2.35. The first-order chi connectivity index (χ1) is 13.6. The third kappa shape index (κ3) is 3.25. The molecule has 0 unspecified atom stereocenters. The van der Waals surface area contributed by atoms with Gasteiger partial charge in [-0.1, -0.05) is 56.3 Å². The van der Waals surface area contributed by atoms with E-state index >= 15 is 0 Å².